The van der Waals surface area contributed by atoms with Crippen molar-refractivity contribution in [3.8, 4) is 5.69 Å². The maximum absolute atomic E-state index is 12.5. The maximum atomic E-state index is 12.5. The Morgan fingerprint density at radius 2 is 1.72 bits per heavy atom. The first-order chi connectivity index (χ1) is 14.0. The number of amides is 1. The molecule has 0 bridgehead atoms. The number of carbonyl (C=O) groups excluding carboxylic acids is 2. The lowest BCUT2D eigenvalue weighted by Gasteiger charge is -2.42. The largest absolute Gasteiger partial charge is 0.462 e. The van der Waals surface area contributed by atoms with Crippen LogP contribution in [-0.2, 0) is 15.0 Å². The van der Waals surface area contributed by atoms with Gasteiger partial charge >= 0.3 is 12.1 Å². The van der Waals surface area contributed by atoms with Crippen LogP contribution in [0.1, 0.15) is 62.1 Å². The van der Waals surface area contributed by atoms with Gasteiger partial charge in [-0.25, -0.2) is 9.59 Å². The predicted molar refractivity (Wildman–Crippen MR) is 105 cm³/mol. The van der Waals surface area contributed by atoms with Crippen molar-refractivity contribution in [2.24, 2.45) is 0 Å². The molecule has 2 aromatic rings. The van der Waals surface area contributed by atoms with Crippen molar-refractivity contribution in [1.29, 1.82) is 0 Å². The highest BCUT2D eigenvalue weighted by Gasteiger charge is 2.45. The highest BCUT2D eigenvalue weighted by Crippen LogP contribution is 2.41. The van der Waals surface area contributed by atoms with E-state index in [9.17, 15) is 9.59 Å². The van der Waals surface area contributed by atoms with Gasteiger partial charge in [0.15, 0.2) is 5.82 Å². The van der Waals surface area contributed by atoms with Crippen molar-refractivity contribution in [2.45, 2.75) is 51.5 Å². The fourth-order valence-corrected chi connectivity index (χ4v) is 3.85. The van der Waals surface area contributed by atoms with Gasteiger partial charge in [-0.3, -0.25) is 4.90 Å². The molecule has 1 amide bonds. The third-order valence-electron chi connectivity index (χ3n) is 5.37. The Hall–Kier alpha value is -2.97. The molecule has 0 saturated heterocycles. The van der Waals surface area contributed by atoms with Gasteiger partial charge in [0.05, 0.1) is 24.5 Å². The summed E-state index contributed by atoms with van der Waals surface area (Å²) >= 11 is 0. The first-order valence-corrected chi connectivity index (χ1v) is 10.0. The van der Waals surface area contributed by atoms with Crippen LogP contribution in [0.5, 0.6) is 0 Å². The number of esters is 1. The molecule has 0 radical (unpaired) electrons. The predicted octanol–water partition coefficient (Wildman–Crippen LogP) is 3.09. The lowest BCUT2D eigenvalue weighted by molar-refractivity contribution is 0.0390. The second-order valence-corrected chi connectivity index (χ2v) is 7.03. The van der Waals surface area contributed by atoms with Gasteiger partial charge in [0, 0.05) is 7.05 Å². The summed E-state index contributed by atoms with van der Waals surface area (Å²) in [6, 6.07) is 6.91. The lowest BCUT2D eigenvalue weighted by atomic mass is 9.79. The molecule has 9 heteroatoms. The van der Waals surface area contributed by atoms with Crippen molar-refractivity contribution >= 4 is 12.1 Å². The van der Waals surface area contributed by atoms with E-state index in [4.69, 9.17) is 9.47 Å². The fourth-order valence-electron chi connectivity index (χ4n) is 3.85. The van der Waals surface area contributed by atoms with Crippen molar-refractivity contribution < 1.29 is 19.1 Å². The molecule has 0 atom stereocenters. The van der Waals surface area contributed by atoms with E-state index in [1.165, 1.54) is 0 Å². The number of carbonyl (C=O) groups is 2. The minimum absolute atomic E-state index is 0.305. The van der Waals surface area contributed by atoms with Gasteiger partial charge in [0.25, 0.3) is 0 Å². The second-order valence-electron chi connectivity index (χ2n) is 7.03. The second kappa shape index (κ2) is 9.02. The van der Waals surface area contributed by atoms with Crippen LogP contribution in [0.3, 0.4) is 0 Å². The molecule has 0 spiro atoms. The van der Waals surface area contributed by atoms with Gasteiger partial charge < -0.3 is 9.47 Å². The number of ether oxygens (including phenoxy) is 2. The summed E-state index contributed by atoms with van der Waals surface area (Å²) in [7, 11) is 1.74. The van der Waals surface area contributed by atoms with Crippen molar-refractivity contribution in [1.82, 2.24) is 25.1 Å². The van der Waals surface area contributed by atoms with E-state index in [1.54, 1.807) is 54.7 Å². The highest BCUT2D eigenvalue weighted by atomic mass is 16.6. The minimum atomic E-state index is -0.645. The SMILES string of the molecule is CCOC(=O)c1ccc(-n2nnnc2C2(N(C)C(=O)OCC)CCCCC2)cc1. The third-order valence-corrected chi connectivity index (χ3v) is 5.37. The summed E-state index contributed by atoms with van der Waals surface area (Å²) in [6.07, 6.45) is 4.17. The summed E-state index contributed by atoms with van der Waals surface area (Å²) < 4.78 is 11.9. The minimum Gasteiger partial charge on any atom is -0.462 e. The van der Waals surface area contributed by atoms with Crippen LogP contribution >= 0.6 is 0 Å². The average molecular weight is 401 g/mol. The summed E-state index contributed by atoms with van der Waals surface area (Å²) in [4.78, 5) is 26.1. The number of hydrogen-bond acceptors (Lipinski definition) is 7. The van der Waals surface area contributed by atoms with Crippen LogP contribution in [0.15, 0.2) is 24.3 Å². The van der Waals surface area contributed by atoms with Crippen LogP contribution in [0.25, 0.3) is 5.69 Å². The molecule has 3 rings (SSSR count). The lowest BCUT2D eigenvalue weighted by Crippen LogP contribution is -2.50. The van der Waals surface area contributed by atoms with Crippen LogP contribution in [0.2, 0.25) is 0 Å². The summed E-state index contributed by atoms with van der Waals surface area (Å²) in [5, 5.41) is 12.4. The van der Waals surface area contributed by atoms with E-state index in [1.807, 2.05) is 0 Å². The van der Waals surface area contributed by atoms with E-state index in [-0.39, 0.29) is 12.1 Å². The van der Waals surface area contributed by atoms with E-state index in [0.29, 0.717) is 30.3 Å². The molecule has 1 aliphatic carbocycles. The Kier molecular flexibility index (Phi) is 6.46. The summed E-state index contributed by atoms with van der Waals surface area (Å²) in [6.45, 7) is 4.18. The molecule has 1 fully saturated rings. The molecule has 0 N–H and O–H groups in total. The molecular weight excluding hydrogens is 374 g/mol. The third kappa shape index (κ3) is 4.08. The Labute approximate surface area is 170 Å². The molecule has 156 valence electrons. The van der Waals surface area contributed by atoms with Gasteiger partial charge in [-0.05, 0) is 61.4 Å². The zero-order valence-corrected chi connectivity index (χ0v) is 17.1. The summed E-state index contributed by atoms with van der Waals surface area (Å²) in [5.41, 5.74) is 0.523. The van der Waals surface area contributed by atoms with Crippen LogP contribution in [0, 0.1) is 0 Å². The van der Waals surface area contributed by atoms with Gasteiger partial charge in [0.2, 0.25) is 0 Å². The van der Waals surface area contributed by atoms with Crippen LogP contribution in [0.4, 0.5) is 4.79 Å². The molecule has 29 heavy (non-hydrogen) atoms. The van der Waals surface area contributed by atoms with Crippen molar-refractivity contribution in [3.05, 3.63) is 35.7 Å². The van der Waals surface area contributed by atoms with Gasteiger partial charge in [-0.15, -0.1) is 5.10 Å². The average Bonchev–Trinajstić information content (AvgIpc) is 3.24. The van der Waals surface area contributed by atoms with Gasteiger partial charge in [-0.2, -0.15) is 4.68 Å². The fraction of sp³-hybridized carbons (Fsp3) is 0.550. The van der Waals surface area contributed by atoms with E-state index >= 15 is 0 Å². The number of rotatable bonds is 6. The smallest absolute Gasteiger partial charge is 0.410 e. The van der Waals surface area contributed by atoms with E-state index in [2.05, 4.69) is 15.5 Å². The Bertz CT molecular complexity index is 843. The van der Waals surface area contributed by atoms with E-state index in [0.717, 1.165) is 32.1 Å². The normalized spacial score (nSPS) is 15.6. The maximum Gasteiger partial charge on any atom is 0.410 e. The van der Waals surface area contributed by atoms with Crippen LogP contribution in [-0.4, -0.2) is 57.4 Å². The molecule has 1 aliphatic rings. The number of nitrogens with zero attached hydrogens (tertiary/aromatic N) is 5. The van der Waals surface area contributed by atoms with Crippen LogP contribution < -0.4 is 0 Å². The number of hydrogen-bond donors (Lipinski definition) is 0. The Balaban J connectivity index is 1.97. The molecule has 1 aromatic heterocycles. The van der Waals surface area contributed by atoms with E-state index < -0.39 is 5.54 Å². The zero-order valence-electron chi connectivity index (χ0n) is 17.1. The topological polar surface area (TPSA) is 99.4 Å². The molecular formula is C20H27N5O4. The van der Waals surface area contributed by atoms with Gasteiger partial charge in [-0.1, -0.05) is 19.3 Å². The Morgan fingerprint density at radius 3 is 2.34 bits per heavy atom. The Morgan fingerprint density at radius 1 is 1.07 bits per heavy atom. The van der Waals surface area contributed by atoms with Crippen molar-refractivity contribution in [2.75, 3.05) is 20.3 Å². The zero-order chi connectivity index (χ0) is 20.9. The highest BCUT2D eigenvalue weighted by molar-refractivity contribution is 5.89. The summed E-state index contributed by atoms with van der Waals surface area (Å²) in [5.74, 6) is 0.221. The number of tetrazole rings is 1. The monoisotopic (exact) mass is 401 g/mol. The molecule has 9 nitrogen and oxygen atoms in total. The van der Waals surface area contributed by atoms with Crippen molar-refractivity contribution in [3.63, 3.8) is 0 Å². The standard InChI is InChI=1S/C20H27N5O4/c1-4-28-17(26)15-9-11-16(12-10-15)25-18(21-22-23-25)20(13-7-6-8-14-20)24(3)19(27)29-5-2/h9-12H,4-8,13-14H2,1-3H3. The first kappa shape index (κ1) is 20.8. The quantitative estimate of drug-likeness (QED) is 0.686. The molecule has 1 saturated carbocycles. The molecule has 0 unspecified atom stereocenters. The van der Waals surface area contributed by atoms with Gasteiger partial charge in [0.1, 0.15) is 5.54 Å². The molecule has 0 aliphatic heterocycles. The molecule has 1 heterocycles. The first-order valence-electron chi connectivity index (χ1n) is 10.0. The number of benzene rings is 1. The number of aromatic nitrogens is 4. The molecule has 1 aromatic carbocycles.